The van der Waals surface area contributed by atoms with Gasteiger partial charge in [-0.05, 0) is 127 Å². The van der Waals surface area contributed by atoms with Crippen molar-refractivity contribution in [1.29, 1.82) is 0 Å². The van der Waals surface area contributed by atoms with Crippen LogP contribution in [0.25, 0.3) is 83.1 Å². The highest BCUT2D eigenvalue weighted by Gasteiger charge is 2.35. The molecular formula is C63H46N2. The van der Waals surface area contributed by atoms with E-state index < -0.39 is 0 Å². The summed E-state index contributed by atoms with van der Waals surface area (Å²) in [5.41, 5.74) is 21.9. The summed E-state index contributed by atoms with van der Waals surface area (Å²) in [5.74, 6) is 0. The molecule has 1 aromatic heterocycles. The molecule has 12 rings (SSSR count). The zero-order valence-electron chi connectivity index (χ0n) is 36.5. The predicted octanol–water partition coefficient (Wildman–Crippen LogP) is 17.2. The molecule has 10 aromatic carbocycles. The Hall–Kier alpha value is -8.20. The summed E-state index contributed by atoms with van der Waals surface area (Å²) in [6.45, 7) is 4.70. The number of aromatic nitrogens is 1. The lowest BCUT2D eigenvalue weighted by atomic mass is 9.82. The second-order valence-corrected chi connectivity index (χ2v) is 17.8. The number of nitrogens with zero attached hydrogens (tertiary/aromatic N) is 2. The smallest absolute Gasteiger partial charge is 0.0547 e. The molecule has 1 aliphatic rings. The Labute approximate surface area is 381 Å². The average molecular weight is 831 g/mol. The first-order valence-corrected chi connectivity index (χ1v) is 22.6. The summed E-state index contributed by atoms with van der Waals surface area (Å²) < 4.78 is 2.38. The van der Waals surface area contributed by atoms with Gasteiger partial charge in [-0.15, -0.1) is 0 Å². The molecule has 65 heavy (non-hydrogen) atoms. The largest absolute Gasteiger partial charge is 0.310 e. The quantitative estimate of drug-likeness (QED) is 0.148. The van der Waals surface area contributed by atoms with Crippen LogP contribution >= 0.6 is 0 Å². The van der Waals surface area contributed by atoms with Gasteiger partial charge >= 0.3 is 0 Å². The molecule has 0 saturated heterocycles. The minimum Gasteiger partial charge on any atom is -0.310 e. The fourth-order valence-electron chi connectivity index (χ4n) is 10.2. The molecular weight excluding hydrogens is 785 g/mol. The van der Waals surface area contributed by atoms with Crippen molar-refractivity contribution in [1.82, 2.24) is 4.57 Å². The van der Waals surface area contributed by atoms with E-state index in [1.807, 2.05) is 0 Å². The van der Waals surface area contributed by atoms with Crippen LogP contribution in [0.15, 0.2) is 243 Å². The third kappa shape index (κ3) is 6.65. The fraction of sp³-hybridized carbons (Fsp3) is 0.0476. The highest BCUT2D eigenvalue weighted by atomic mass is 15.1. The molecule has 0 bridgehead atoms. The fourth-order valence-corrected chi connectivity index (χ4v) is 10.2. The van der Waals surface area contributed by atoms with Crippen LogP contribution in [0.5, 0.6) is 0 Å². The van der Waals surface area contributed by atoms with Crippen LogP contribution in [0.4, 0.5) is 17.1 Å². The van der Waals surface area contributed by atoms with Gasteiger partial charge < -0.3 is 9.47 Å². The van der Waals surface area contributed by atoms with E-state index in [9.17, 15) is 0 Å². The van der Waals surface area contributed by atoms with Gasteiger partial charge in [0.25, 0.3) is 0 Å². The third-order valence-electron chi connectivity index (χ3n) is 13.6. The topological polar surface area (TPSA) is 8.17 Å². The number of anilines is 3. The Morgan fingerprint density at radius 2 is 0.738 bits per heavy atom. The van der Waals surface area contributed by atoms with Gasteiger partial charge in [0, 0.05) is 38.9 Å². The minimum atomic E-state index is -0.0934. The van der Waals surface area contributed by atoms with Gasteiger partial charge in [-0.1, -0.05) is 196 Å². The summed E-state index contributed by atoms with van der Waals surface area (Å²) in [6, 6.07) is 88.7. The van der Waals surface area contributed by atoms with Crippen LogP contribution < -0.4 is 4.90 Å². The lowest BCUT2D eigenvalue weighted by Gasteiger charge is -2.28. The molecule has 308 valence electrons. The monoisotopic (exact) mass is 830 g/mol. The average Bonchev–Trinajstić information content (AvgIpc) is 3.82. The number of para-hydroxylation sites is 2. The molecule has 0 spiro atoms. The summed E-state index contributed by atoms with van der Waals surface area (Å²) in [6.07, 6.45) is 0. The number of hydrogen-bond acceptors (Lipinski definition) is 1. The first-order chi connectivity index (χ1) is 32.0. The van der Waals surface area contributed by atoms with Gasteiger partial charge in [0.05, 0.1) is 11.0 Å². The Balaban J connectivity index is 0.831. The summed E-state index contributed by atoms with van der Waals surface area (Å²) >= 11 is 0. The molecule has 0 unspecified atom stereocenters. The number of fused-ring (bicyclic) bond motifs is 6. The predicted molar refractivity (Wildman–Crippen MR) is 275 cm³/mol. The number of benzene rings is 10. The minimum absolute atomic E-state index is 0.0934. The molecule has 0 saturated carbocycles. The summed E-state index contributed by atoms with van der Waals surface area (Å²) in [7, 11) is 0. The Kier molecular flexibility index (Phi) is 9.21. The van der Waals surface area contributed by atoms with Crippen LogP contribution in [-0.2, 0) is 5.41 Å². The van der Waals surface area contributed by atoms with E-state index in [0.717, 1.165) is 17.1 Å². The summed E-state index contributed by atoms with van der Waals surface area (Å²) in [4.78, 5) is 2.39. The number of hydrogen-bond donors (Lipinski definition) is 0. The highest BCUT2D eigenvalue weighted by molar-refractivity contribution is 6.10. The third-order valence-corrected chi connectivity index (χ3v) is 13.6. The second kappa shape index (κ2) is 15.6. The van der Waals surface area contributed by atoms with Crippen molar-refractivity contribution in [2.24, 2.45) is 0 Å². The van der Waals surface area contributed by atoms with Crippen LogP contribution in [0, 0.1) is 0 Å². The van der Waals surface area contributed by atoms with Crippen molar-refractivity contribution in [3.05, 3.63) is 254 Å². The molecule has 11 aromatic rings. The van der Waals surface area contributed by atoms with E-state index in [0.29, 0.717) is 0 Å². The van der Waals surface area contributed by atoms with E-state index in [1.54, 1.807) is 0 Å². The zero-order chi connectivity index (χ0) is 43.5. The van der Waals surface area contributed by atoms with Crippen molar-refractivity contribution in [3.8, 4) is 61.3 Å². The molecule has 0 amide bonds. The van der Waals surface area contributed by atoms with Crippen molar-refractivity contribution in [2.45, 2.75) is 19.3 Å². The van der Waals surface area contributed by atoms with Gasteiger partial charge in [-0.3, -0.25) is 0 Å². The van der Waals surface area contributed by atoms with E-state index in [-0.39, 0.29) is 5.41 Å². The van der Waals surface area contributed by atoms with E-state index in [1.165, 1.54) is 94.3 Å². The van der Waals surface area contributed by atoms with Gasteiger partial charge in [0.1, 0.15) is 0 Å². The Morgan fingerprint density at radius 1 is 0.308 bits per heavy atom. The lowest BCUT2D eigenvalue weighted by molar-refractivity contribution is 0.660. The van der Waals surface area contributed by atoms with Crippen LogP contribution in [0.1, 0.15) is 25.0 Å². The maximum atomic E-state index is 2.41. The number of rotatable bonds is 8. The molecule has 2 heteroatoms. The van der Waals surface area contributed by atoms with E-state index in [2.05, 4.69) is 266 Å². The van der Waals surface area contributed by atoms with Gasteiger partial charge in [0.15, 0.2) is 0 Å². The first kappa shape index (κ1) is 38.5. The van der Waals surface area contributed by atoms with Crippen LogP contribution in [0.3, 0.4) is 0 Å². The van der Waals surface area contributed by atoms with Crippen molar-refractivity contribution >= 4 is 38.9 Å². The van der Waals surface area contributed by atoms with Crippen molar-refractivity contribution < 1.29 is 0 Å². The molecule has 0 N–H and O–H groups in total. The normalized spacial score (nSPS) is 12.6. The Bertz CT molecular complexity index is 3510. The van der Waals surface area contributed by atoms with Gasteiger partial charge in [-0.2, -0.15) is 0 Å². The molecule has 2 nitrogen and oxygen atoms in total. The van der Waals surface area contributed by atoms with E-state index >= 15 is 0 Å². The molecule has 0 fully saturated rings. The highest BCUT2D eigenvalue weighted by Crippen LogP contribution is 2.51. The van der Waals surface area contributed by atoms with Crippen molar-refractivity contribution in [2.75, 3.05) is 4.90 Å². The summed E-state index contributed by atoms with van der Waals surface area (Å²) in [5, 5.41) is 2.53. The van der Waals surface area contributed by atoms with Gasteiger partial charge in [0.2, 0.25) is 0 Å². The standard InChI is InChI=1S/C63H46N2/c1-63(2)59-19-11-9-17-55(59)56-40-38-54(42-60(56)63)64(52-34-29-47(30-35-52)43-13-5-3-6-14-43)53-36-31-48(32-37-53)46-23-21-44(22-24-46)45-25-27-49(28-26-45)50-33-39-58-57-18-10-12-20-61(57)65(62(58)41-50)51-15-7-4-8-16-51/h3-42H,1-2H3. The molecule has 1 heterocycles. The molecule has 0 atom stereocenters. The van der Waals surface area contributed by atoms with Crippen LogP contribution in [-0.4, -0.2) is 4.57 Å². The van der Waals surface area contributed by atoms with Crippen molar-refractivity contribution in [3.63, 3.8) is 0 Å². The molecule has 0 radical (unpaired) electrons. The zero-order valence-corrected chi connectivity index (χ0v) is 36.5. The lowest BCUT2D eigenvalue weighted by Crippen LogP contribution is -2.16. The SMILES string of the molecule is CC1(C)c2ccccc2-c2ccc(N(c3ccc(-c4ccccc4)cc3)c3ccc(-c4ccc(-c5ccc(-c6ccc7c8ccccc8n(-c8ccccc8)c7c6)cc5)cc4)cc3)cc21. The van der Waals surface area contributed by atoms with Crippen LogP contribution in [0.2, 0.25) is 0 Å². The second-order valence-electron chi connectivity index (χ2n) is 17.8. The van der Waals surface area contributed by atoms with E-state index in [4.69, 9.17) is 0 Å². The maximum absolute atomic E-state index is 2.41. The molecule has 0 aliphatic heterocycles. The first-order valence-electron chi connectivity index (χ1n) is 22.6. The maximum Gasteiger partial charge on any atom is 0.0547 e. The van der Waals surface area contributed by atoms with Gasteiger partial charge in [-0.25, -0.2) is 0 Å². The Morgan fingerprint density at radius 3 is 1.35 bits per heavy atom. The molecule has 1 aliphatic carbocycles.